The third kappa shape index (κ3) is 5.29. The fraction of sp³-hybridized carbons (Fsp3) is 0.0204. The summed E-state index contributed by atoms with van der Waals surface area (Å²) in [5.41, 5.74) is 14.2. The average molecular weight is 653 g/mol. The number of rotatable bonds is 7. The summed E-state index contributed by atoms with van der Waals surface area (Å²) in [4.78, 5) is 0. The molecule has 7 aromatic carbocycles. The van der Waals surface area contributed by atoms with Crippen LogP contribution in [-0.4, -0.2) is 9.13 Å². The van der Waals surface area contributed by atoms with Gasteiger partial charge in [0, 0.05) is 32.9 Å². The van der Waals surface area contributed by atoms with Crippen molar-refractivity contribution in [2.24, 2.45) is 0 Å². The number of aromatic nitrogens is 2. The summed E-state index contributed by atoms with van der Waals surface area (Å²) >= 11 is 0. The summed E-state index contributed by atoms with van der Waals surface area (Å²) in [6, 6.07) is 61.3. The van der Waals surface area contributed by atoms with E-state index in [0.29, 0.717) is 0 Å². The third-order valence-corrected chi connectivity index (χ3v) is 10.0. The second-order valence-corrected chi connectivity index (χ2v) is 13.1. The molecule has 0 amide bonds. The van der Waals surface area contributed by atoms with Crippen LogP contribution in [0, 0.1) is 0 Å². The first-order valence-corrected chi connectivity index (χ1v) is 17.5. The van der Waals surface area contributed by atoms with E-state index >= 15 is 0 Å². The number of hydrogen-bond donors (Lipinski definition) is 0. The van der Waals surface area contributed by atoms with Crippen LogP contribution in [0.1, 0.15) is 12.5 Å². The average Bonchev–Trinajstić information content (AvgIpc) is 3.70. The highest BCUT2D eigenvalue weighted by Gasteiger charge is 2.17. The van der Waals surface area contributed by atoms with E-state index in [-0.39, 0.29) is 0 Å². The van der Waals surface area contributed by atoms with Crippen LogP contribution < -0.4 is 0 Å². The Morgan fingerprint density at radius 3 is 1.59 bits per heavy atom. The van der Waals surface area contributed by atoms with Crippen LogP contribution in [0.5, 0.6) is 0 Å². The van der Waals surface area contributed by atoms with E-state index < -0.39 is 0 Å². The molecule has 2 nitrogen and oxygen atoms in total. The zero-order valence-electron chi connectivity index (χ0n) is 28.5. The minimum Gasteiger partial charge on any atom is -0.309 e. The zero-order valence-corrected chi connectivity index (χ0v) is 28.5. The number of para-hydroxylation sites is 2. The SMILES string of the molecule is C=C/C=C(\C=C(/C)c1ccccc1)n1c2ccc(-c3ccccc3)cc2c2cc(-c3ccc4c(c3)c3ccccc3n4-c3ccccc3)ccc21. The Bertz CT molecular complexity index is 2790. The van der Waals surface area contributed by atoms with Gasteiger partial charge in [0.2, 0.25) is 0 Å². The molecule has 0 saturated heterocycles. The molecule has 9 rings (SSSR count). The topological polar surface area (TPSA) is 9.86 Å². The fourth-order valence-corrected chi connectivity index (χ4v) is 7.61. The standard InChI is InChI=1S/C49H36N2/c1-3-15-41(30-34(2)35-16-7-4-8-17-35)51-48-27-24-37(36-18-9-5-10-19-36)31-44(48)45-33-39(26-29-49(45)51)38-25-28-47-43(32-38)42-22-13-14-23-46(42)50(47)40-20-11-6-12-21-40/h3-33H,1H2,2H3/b34-30+,41-15+. The molecule has 0 unspecified atom stereocenters. The predicted molar refractivity (Wildman–Crippen MR) is 219 cm³/mol. The fourth-order valence-electron chi connectivity index (χ4n) is 7.61. The molecule has 0 aliphatic carbocycles. The monoisotopic (exact) mass is 652 g/mol. The Labute approximate surface area is 298 Å². The van der Waals surface area contributed by atoms with Gasteiger partial charge in [0.1, 0.15) is 0 Å². The lowest BCUT2D eigenvalue weighted by Gasteiger charge is -2.12. The minimum atomic E-state index is 1.07. The maximum absolute atomic E-state index is 4.10. The van der Waals surface area contributed by atoms with Gasteiger partial charge in [0.05, 0.1) is 22.1 Å². The quantitative estimate of drug-likeness (QED) is 0.152. The lowest BCUT2D eigenvalue weighted by Crippen LogP contribution is -1.96. The van der Waals surface area contributed by atoms with Crippen LogP contribution in [0.4, 0.5) is 0 Å². The van der Waals surface area contributed by atoms with Gasteiger partial charge in [-0.2, -0.15) is 0 Å². The highest BCUT2D eigenvalue weighted by molar-refractivity contribution is 6.14. The molecule has 2 heterocycles. The summed E-state index contributed by atoms with van der Waals surface area (Å²) in [6.45, 7) is 6.28. The number of benzene rings is 7. The first-order valence-electron chi connectivity index (χ1n) is 17.5. The smallest absolute Gasteiger partial charge is 0.0541 e. The van der Waals surface area contributed by atoms with Crippen molar-refractivity contribution < 1.29 is 0 Å². The molecule has 2 aromatic heterocycles. The molecule has 0 spiro atoms. The van der Waals surface area contributed by atoms with Crippen LogP contribution >= 0.6 is 0 Å². The highest BCUT2D eigenvalue weighted by atomic mass is 15.0. The first-order chi connectivity index (χ1) is 25.2. The van der Waals surface area contributed by atoms with Crippen molar-refractivity contribution in [2.75, 3.05) is 0 Å². The molecule has 2 heteroatoms. The Balaban J connectivity index is 1.26. The second-order valence-electron chi connectivity index (χ2n) is 13.1. The van der Waals surface area contributed by atoms with Gasteiger partial charge < -0.3 is 9.13 Å². The molecule has 0 atom stereocenters. The first kappa shape index (κ1) is 30.4. The van der Waals surface area contributed by atoms with E-state index in [1.54, 1.807) is 0 Å². The summed E-state index contributed by atoms with van der Waals surface area (Å²) in [6.07, 6.45) is 6.27. The molecule has 0 aliphatic heterocycles. The number of fused-ring (bicyclic) bond motifs is 6. The van der Waals surface area contributed by atoms with Gasteiger partial charge in [0.25, 0.3) is 0 Å². The number of hydrogen-bond acceptors (Lipinski definition) is 0. The normalized spacial score (nSPS) is 12.3. The zero-order chi connectivity index (χ0) is 34.3. The summed E-state index contributed by atoms with van der Waals surface area (Å²) < 4.78 is 4.75. The van der Waals surface area contributed by atoms with Gasteiger partial charge >= 0.3 is 0 Å². The van der Waals surface area contributed by atoms with Gasteiger partial charge in [-0.3, -0.25) is 0 Å². The number of nitrogens with zero attached hydrogens (tertiary/aromatic N) is 2. The summed E-state index contributed by atoms with van der Waals surface area (Å²) in [5.74, 6) is 0. The van der Waals surface area contributed by atoms with Crippen LogP contribution in [0.25, 0.3) is 82.8 Å². The van der Waals surface area contributed by atoms with Crippen LogP contribution in [0.3, 0.4) is 0 Å². The molecular weight excluding hydrogens is 617 g/mol. The Morgan fingerprint density at radius 1 is 0.471 bits per heavy atom. The molecule has 0 bridgehead atoms. The largest absolute Gasteiger partial charge is 0.309 e. The highest BCUT2D eigenvalue weighted by Crippen LogP contribution is 2.40. The number of allylic oxidation sites excluding steroid dienone is 5. The molecule has 0 saturated carbocycles. The van der Waals surface area contributed by atoms with Crippen molar-refractivity contribution in [1.29, 1.82) is 0 Å². The second kappa shape index (κ2) is 12.7. The van der Waals surface area contributed by atoms with E-state index in [1.807, 2.05) is 6.08 Å². The maximum atomic E-state index is 4.10. The van der Waals surface area contributed by atoms with Crippen molar-refractivity contribution in [2.45, 2.75) is 6.92 Å². The van der Waals surface area contributed by atoms with Gasteiger partial charge in [0.15, 0.2) is 0 Å². The molecule has 0 N–H and O–H groups in total. The van der Waals surface area contributed by atoms with Crippen molar-refractivity contribution in [3.63, 3.8) is 0 Å². The van der Waals surface area contributed by atoms with Crippen LogP contribution in [0.2, 0.25) is 0 Å². The lowest BCUT2D eigenvalue weighted by atomic mass is 9.99. The van der Waals surface area contributed by atoms with Crippen molar-refractivity contribution in [3.05, 3.63) is 200 Å². The molecule has 0 fully saturated rings. The van der Waals surface area contributed by atoms with Crippen molar-refractivity contribution in [1.82, 2.24) is 9.13 Å². The van der Waals surface area contributed by atoms with E-state index in [9.17, 15) is 0 Å². The Kier molecular flexibility index (Phi) is 7.56. The van der Waals surface area contributed by atoms with E-state index in [2.05, 4.69) is 205 Å². The van der Waals surface area contributed by atoms with Gasteiger partial charge in [-0.1, -0.05) is 128 Å². The lowest BCUT2D eigenvalue weighted by molar-refractivity contribution is 1.18. The molecule has 242 valence electrons. The Morgan fingerprint density at radius 2 is 0.961 bits per heavy atom. The van der Waals surface area contributed by atoms with E-state index in [4.69, 9.17) is 0 Å². The van der Waals surface area contributed by atoms with E-state index in [1.165, 1.54) is 71.7 Å². The van der Waals surface area contributed by atoms with Crippen LogP contribution in [0.15, 0.2) is 195 Å². The Hall–Kier alpha value is -6.64. The maximum Gasteiger partial charge on any atom is 0.0541 e. The third-order valence-electron chi connectivity index (χ3n) is 10.0. The molecule has 51 heavy (non-hydrogen) atoms. The van der Waals surface area contributed by atoms with Crippen molar-refractivity contribution >= 4 is 54.9 Å². The van der Waals surface area contributed by atoms with Gasteiger partial charge in [-0.05, 0) is 107 Å². The van der Waals surface area contributed by atoms with Gasteiger partial charge in [-0.15, -0.1) is 0 Å². The molecule has 0 aliphatic rings. The summed E-state index contributed by atoms with van der Waals surface area (Å²) in [7, 11) is 0. The van der Waals surface area contributed by atoms with Gasteiger partial charge in [-0.25, -0.2) is 0 Å². The molecular formula is C49H36N2. The minimum absolute atomic E-state index is 1.07. The predicted octanol–water partition coefficient (Wildman–Crippen LogP) is 13.4. The van der Waals surface area contributed by atoms with E-state index in [0.717, 1.165) is 16.7 Å². The van der Waals surface area contributed by atoms with Crippen LogP contribution in [-0.2, 0) is 0 Å². The molecule has 9 aromatic rings. The molecule has 0 radical (unpaired) electrons. The van der Waals surface area contributed by atoms with Crippen molar-refractivity contribution in [3.8, 4) is 27.9 Å². The summed E-state index contributed by atoms with van der Waals surface area (Å²) in [5, 5.41) is 4.94.